The van der Waals surface area contributed by atoms with Crippen molar-refractivity contribution in [3.63, 3.8) is 0 Å². The minimum atomic E-state index is 0.589. The molecule has 0 saturated carbocycles. The van der Waals surface area contributed by atoms with Crippen LogP contribution < -0.4 is 10.1 Å². The smallest absolute Gasteiger partial charge is 0.219 e. The highest BCUT2D eigenvalue weighted by Gasteiger charge is 2.05. The molecule has 2 aromatic rings. The Morgan fingerprint density at radius 1 is 1.22 bits per heavy atom. The molecular weight excluding hydrogens is 360 g/mol. The lowest BCUT2D eigenvalue weighted by atomic mass is 10.3. The molecule has 0 radical (unpaired) electrons. The number of nitrogens with one attached hydrogen (secondary N) is 1. The summed E-state index contributed by atoms with van der Waals surface area (Å²) < 4.78 is 7.63. The molecule has 3 nitrogen and oxygen atoms in total. The van der Waals surface area contributed by atoms with Gasteiger partial charge < -0.3 is 10.1 Å². The Balaban J connectivity index is 2.20. The molecule has 2 rings (SSSR count). The predicted molar refractivity (Wildman–Crippen MR) is 78.9 cm³/mol. The van der Waals surface area contributed by atoms with Crippen molar-refractivity contribution in [1.29, 1.82) is 0 Å². The third kappa shape index (κ3) is 3.54. The summed E-state index contributed by atoms with van der Waals surface area (Å²) in [5, 5.41) is 3.06. The number of benzene rings is 1. The summed E-state index contributed by atoms with van der Waals surface area (Å²) in [6.07, 6.45) is 0. The van der Waals surface area contributed by atoms with Gasteiger partial charge in [0.15, 0.2) is 0 Å². The fourth-order valence-corrected chi connectivity index (χ4v) is 2.59. The fourth-order valence-electron chi connectivity index (χ4n) is 1.46. The second-order valence-corrected chi connectivity index (χ2v) is 5.44. The van der Waals surface area contributed by atoms with E-state index in [2.05, 4.69) is 42.2 Å². The van der Waals surface area contributed by atoms with Gasteiger partial charge in [0, 0.05) is 17.1 Å². The molecule has 0 bridgehead atoms. The Hall–Kier alpha value is -0.910. The summed E-state index contributed by atoms with van der Waals surface area (Å²) in [5.74, 6) is 1.33. The van der Waals surface area contributed by atoms with E-state index in [9.17, 15) is 0 Å². The van der Waals surface area contributed by atoms with Crippen LogP contribution in [0, 0.1) is 0 Å². The van der Waals surface area contributed by atoms with E-state index in [4.69, 9.17) is 4.74 Å². The van der Waals surface area contributed by atoms with Crippen LogP contribution in [0.5, 0.6) is 11.6 Å². The maximum Gasteiger partial charge on any atom is 0.219 e. The van der Waals surface area contributed by atoms with Crippen molar-refractivity contribution in [2.45, 2.75) is 6.54 Å². The van der Waals surface area contributed by atoms with Gasteiger partial charge in [-0.3, -0.25) is 0 Å². The Morgan fingerprint density at radius 2 is 2.06 bits per heavy atom. The Kier molecular flexibility index (Phi) is 4.74. The van der Waals surface area contributed by atoms with E-state index in [1.54, 1.807) is 0 Å². The molecule has 94 valence electrons. The molecule has 0 saturated heterocycles. The van der Waals surface area contributed by atoms with E-state index in [0.29, 0.717) is 5.88 Å². The largest absolute Gasteiger partial charge is 0.438 e. The summed E-state index contributed by atoms with van der Waals surface area (Å²) in [4.78, 5) is 4.40. The van der Waals surface area contributed by atoms with Crippen molar-refractivity contribution in [1.82, 2.24) is 10.3 Å². The van der Waals surface area contributed by atoms with Crippen LogP contribution >= 0.6 is 31.9 Å². The summed E-state index contributed by atoms with van der Waals surface area (Å²) in [6.45, 7) is 0.721. The first-order valence-electron chi connectivity index (χ1n) is 5.42. The molecule has 0 fully saturated rings. The Bertz CT molecular complexity index is 546. The number of hydrogen-bond donors (Lipinski definition) is 1. The number of rotatable bonds is 4. The third-order valence-electron chi connectivity index (χ3n) is 2.25. The van der Waals surface area contributed by atoms with Crippen molar-refractivity contribution in [2.24, 2.45) is 0 Å². The van der Waals surface area contributed by atoms with E-state index in [-0.39, 0.29) is 0 Å². The average Bonchev–Trinajstić information content (AvgIpc) is 2.34. The van der Waals surface area contributed by atoms with Gasteiger partial charge in [0.2, 0.25) is 5.88 Å². The minimum Gasteiger partial charge on any atom is -0.438 e. The van der Waals surface area contributed by atoms with Crippen LogP contribution in [0.15, 0.2) is 45.3 Å². The molecule has 0 aliphatic carbocycles. The predicted octanol–water partition coefficient (Wildman–Crippen LogP) is 4.12. The van der Waals surface area contributed by atoms with Gasteiger partial charge in [-0.25, -0.2) is 4.98 Å². The van der Waals surface area contributed by atoms with Crippen LogP contribution in [-0.2, 0) is 6.54 Å². The standard InChI is InChI=1S/C13H12Br2N2O/c1-16-8-10-3-2-4-13(17-10)18-12-6-5-9(14)7-11(12)15/h2-7,16H,8H2,1H3. The summed E-state index contributed by atoms with van der Waals surface area (Å²) in [5.41, 5.74) is 0.947. The van der Waals surface area contributed by atoms with Gasteiger partial charge in [0.05, 0.1) is 10.2 Å². The first-order valence-corrected chi connectivity index (χ1v) is 7.01. The molecule has 1 aromatic heterocycles. The molecule has 1 aromatic carbocycles. The zero-order valence-electron chi connectivity index (χ0n) is 9.78. The number of pyridine rings is 1. The lowest BCUT2D eigenvalue weighted by molar-refractivity contribution is 0.457. The maximum atomic E-state index is 5.74. The Labute approximate surface area is 123 Å². The van der Waals surface area contributed by atoms with Crippen LogP contribution in [0.4, 0.5) is 0 Å². The van der Waals surface area contributed by atoms with Crippen molar-refractivity contribution < 1.29 is 4.74 Å². The van der Waals surface area contributed by atoms with E-state index >= 15 is 0 Å². The molecule has 1 heterocycles. The van der Waals surface area contributed by atoms with Gasteiger partial charge in [0.25, 0.3) is 0 Å². The number of hydrogen-bond acceptors (Lipinski definition) is 3. The fraction of sp³-hybridized carbons (Fsp3) is 0.154. The highest BCUT2D eigenvalue weighted by Crippen LogP contribution is 2.31. The van der Waals surface area contributed by atoms with Gasteiger partial charge >= 0.3 is 0 Å². The molecule has 0 atom stereocenters. The Morgan fingerprint density at radius 3 is 2.78 bits per heavy atom. The zero-order chi connectivity index (χ0) is 13.0. The van der Waals surface area contributed by atoms with Crippen molar-refractivity contribution in [2.75, 3.05) is 7.05 Å². The van der Waals surface area contributed by atoms with Crippen molar-refractivity contribution >= 4 is 31.9 Å². The van der Waals surface area contributed by atoms with E-state index < -0.39 is 0 Å². The number of nitrogens with zero attached hydrogens (tertiary/aromatic N) is 1. The highest BCUT2D eigenvalue weighted by atomic mass is 79.9. The van der Waals surface area contributed by atoms with Crippen LogP contribution in [0.1, 0.15) is 5.69 Å². The minimum absolute atomic E-state index is 0.589. The molecule has 0 spiro atoms. The number of halogens is 2. The number of aromatic nitrogens is 1. The van der Waals surface area contributed by atoms with Gasteiger partial charge in [0.1, 0.15) is 5.75 Å². The summed E-state index contributed by atoms with van der Waals surface area (Å²) in [6, 6.07) is 11.5. The second-order valence-electron chi connectivity index (χ2n) is 3.67. The van der Waals surface area contributed by atoms with E-state index in [0.717, 1.165) is 26.9 Å². The lowest BCUT2D eigenvalue weighted by Crippen LogP contribution is -2.06. The SMILES string of the molecule is CNCc1cccc(Oc2ccc(Br)cc2Br)n1. The lowest BCUT2D eigenvalue weighted by Gasteiger charge is -2.08. The highest BCUT2D eigenvalue weighted by molar-refractivity contribution is 9.11. The van der Waals surface area contributed by atoms with E-state index in [1.165, 1.54) is 0 Å². The van der Waals surface area contributed by atoms with Gasteiger partial charge in [-0.15, -0.1) is 0 Å². The third-order valence-corrected chi connectivity index (χ3v) is 3.36. The van der Waals surface area contributed by atoms with E-state index in [1.807, 2.05) is 43.4 Å². The molecule has 0 unspecified atom stereocenters. The van der Waals surface area contributed by atoms with Crippen molar-refractivity contribution in [3.05, 3.63) is 51.0 Å². The number of ether oxygens (including phenoxy) is 1. The van der Waals surface area contributed by atoms with Crippen LogP contribution in [0.2, 0.25) is 0 Å². The van der Waals surface area contributed by atoms with Gasteiger partial charge in [-0.1, -0.05) is 22.0 Å². The summed E-state index contributed by atoms with van der Waals surface area (Å²) in [7, 11) is 1.89. The molecular formula is C13H12Br2N2O. The maximum absolute atomic E-state index is 5.74. The molecule has 5 heteroatoms. The average molecular weight is 372 g/mol. The molecule has 0 amide bonds. The second kappa shape index (κ2) is 6.31. The first-order chi connectivity index (χ1) is 8.69. The van der Waals surface area contributed by atoms with Gasteiger partial charge in [-0.05, 0) is 47.2 Å². The molecule has 1 N–H and O–H groups in total. The quantitative estimate of drug-likeness (QED) is 0.877. The zero-order valence-corrected chi connectivity index (χ0v) is 13.0. The van der Waals surface area contributed by atoms with Crippen LogP contribution in [-0.4, -0.2) is 12.0 Å². The first kappa shape index (κ1) is 13.5. The molecule has 0 aliphatic heterocycles. The van der Waals surface area contributed by atoms with Crippen LogP contribution in [0.25, 0.3) is 0 Å². The normalized spacial score (nSPS) is 10.4. The molecule has 0 aliphatic rings. The van der Waals surface area contributed by atoms with Crippen LogP contribution in [0.3, 0.4) is 0 Å². The topological polar surface area (TPSA) is 34.1 Å². The molecule has 18 heavy (non-hydrogen) atoms. The van der Waals surface area contributed by atoms with Crippen molar-refractivity contribution in [3.8, 4) is 11.6 Å². The monoisotopic (exact) mass is 370 g/mol. The summed E-state index contributed by atoms with van der Waals surface area (Å²) >= 11 is 6.86. The van der Waals surface area contributed by atoms with Gasteiger partial charge in [-0.2, -0.15) is 0 Å².